The highest BCUT2D eigenvalue weighted by Crippen LogP contribution is 2.50. The highest BCUT2D eigenvalue weighted by Gasteiger charge is 2.30. The lowest BCUT2D eigenvalue weighted by molar-refractivity contribution is -0.123. The number of ether oxygens (including phenoxy) is 3. The van der Waals surface area contributed by atoms with E-state index in [0.29, 0.717) is 72.3 Å². The summed E-state index contributed by atoms with van der Waals surface area (Å²) in [5.41, 5.74) is 2.97. The highest BCUT2D eigenvalue weighted by molar-refractivity contribution is 5.86. The first-order chi connectivity index (χ1) is 21.1. The van der Waals surface area contributed by atoms with Crippen molar-refractivity contribution in [1.82, 2.24) is 20.8 Å². The van der Waals surface area contributed by atoms with Crippen LogP contribution in [0.2, 0.25) is 0 Å². The number of rotatable bonds is 12. The van der Waals surface area contributed by atoms with Gasteiger partial charge in [-0.3, -0.25) is 14.4 Å². The lowest BCUT2D eigenvalue weighted by atomic mass is 9.95. The second kappa shape index (κ2) is 14.2. The van der Waals surface area contributed by atoms with E-state index in [1.165, 1.54) is 20.1 Å². The number of carbonyl (C=O) groups is 2. The van der Waals surface area contributed by atoms with Crippen LogP contribution in [0.3, 0.4) is 0 Å². The molecule has 0 saturated carbocycles. The number of hydrogen-bond acceptors (Lipinski definition) is 10. The van der Waals surface area contributed by atoms with E-state index in [9.17, 15) is 14.4 Å². The number of fused-ring (bicyclic) bond motifs is 3. The van der Waals surface area contributed by atoms with Gasteiger partial charge in [0.25, 0.3) is 0 Å². The van der Waals surface area contributed by atoms with Crippen molar-refractivity contribution in [2.45, 2.75) is 65.5 Å². The molecule has 236 valence electrons. The lowest BCUT2D eigenvalue weighted by Crippen LogP contribution is -2.45. The van der Waals surface area contributed by atoms with Crippen LogP contribution in [0.15, 0.2) is 33.6 Å². The molecule has 1 aliphatic carbocycles. The van der Waals surface area contributed by atoms with Crippen molar-refractivity contribution < 1.29 is 28.3 Å². The predicted octanol–water partition coefficient (Wildman–Crippen LogP) is 3.74. The van der Waals surface area contributed by atoms with Crippen molar-refractivity contribution >= 4 is 17.5 Å². The summed E-state index contributed by atoms with van der Waals surface area (Å²) in [4.78, 5) is 43.6. The van der Waals surface area contributed by atoms with Crippen LogP contribution in [0.5, 0.6) is 17.2 Å². The minimum Gasteiger partial charge on any atom is -0.493 e. The molecule has 4 rings (SSSR count). The molecule has 1 aromatic heterocycles. The standard InChI is InChI=1S/C32H41N5O7/c1-8-17(2)29(32(40)33-14-13-27-34-18(3)37-44-27)36-24-12-10-21-22(16-25(24)39)23(35-19(4)38)11-9-20-15-26(41-5)30(42-6)31(43-7)28(20)21/h10,12,15-17,23,29H,8-9,11,13-14H2,1-7H3,(H,33,40)(H,35,38)(H,36,39)/t17-,23+,29+/m0/s1. The molecule has 12 heteroatoms. The Bertz CT molecular complexity index is 1570. The summed E-state index contributed by atoms with van der Waals surface area (Å²) in [6.07, 6.45) is 2.23. The molecular formula is C32H41N5O7. The molecule has 3 atom stereocenters. The number of carbonyl (C=O) groups excluding carboxylic acids is 2. The molecule has 0 fully saturated rings. The molecule has 12 nitrogen and oxygen atoms in total. The molecule has 0 aliphatic heterocycles. The number of nitrogens with one attached hydrogen (secondary N) is 3. The van der Waals surface area contributed by atoms with E-state index < -0.39 is 12.1 Å². The summed E-state index contributed by atoms with van der Waals surface area (Å²) in [6, 6.07) is 5.83. The van der Waals surface area contributed by atoms with Gasteiger partial charge >= 0.3 is 0 Å². The van der Waals surface area contributed by atoms with E-state index in [0.717, 1.165) is 11.1 Å². The SMILES string of the molecule is CC[C@H](C)[C@@H](Nc1ccc2c(cc1=O)[C@H](NC(C)=O)CCc1cc(OC)c(OC)c(OC)c1-2)C(=O)NCCc1nc(C)no1. The number of methoxy groups -OCH3 is 3. The van der Waals surface area contributed by atoms with Crippen LogP contribution in [0.25, 0.3) is 11.1 Å². The first-order valence-corrected chi connectivity index (χ1v) is 14.7. The Morgan fingerprint density at radius 2 is 1.86 bits per heavy atom. The van der Waals surface area contributed by atoms with E-state index >= 15 is 0 Å². The largest absolute Gasteiger partial charge is 0.493 e. The van der Waals surface area contributed by atoms with E-state index in [1.807, 2.05) is 26.0 Å². The Labute approximate surface area is 256 Å². The number of anilines is 1. The van der Waals surface area contributed by atoms with Gasteiger partial charge in [0.2, 0.25) is 28.9 Å². The smallest absolute Gasteiger partial charge is 0.242 e. The normalized spacial score (nSPS) is 15.1. The van der Waals surface area contributed by atoms with Crippen LogP contribution in [0.4, 0.5) is 5.69 Å². The number of amides is 2. The Morgan fingerprint density at radius 1 is 1.11 bits per heavy atom. The summed E-state index contributed by atoms with van der Waals surface area (Å²) >= 11 is 0. The van der Waals surface area contributed by atoms with Crippen molar-refractivity contribution in [2.75, 3.05) is 33.2 Å². The second-order valence-electron chi connectivity index (χ2n) is 10.9. The van der Waals surface area contributed by atoms with Gasteiger partial charge in [-0.15, -0.1) is 0 Å². The third-order valence-corrected chi connectivity index (χ3v) is 7.93. The van der Waals surface area contributed by atoms with Gasteiger partial charge in [0.05, 0.1) is 33.1 Å². The molecule has 0 saturated heterocycles. The maximum absolute atomic E-state index is 13.8. The number of nitrogens with zero attached hydrogens (tertiary/aromatic N) is 2. The minimum absolute atomic E-state index is 0.0898. The van der Waals surface area contributed by atoms with Gasteiger partial charge < -0.3 is 34.7 Å². The van der Waals surface area contributed by atoms with Gasteiger partial charge in [0.15, 0.2) is 17.3 Å². The van der Waals surface area contributed by atoms with Gasteiger partial charge in [-0.1, -0.05) is 31.5 Å². The number of benzene rings is 1. The molecule has 1 heterocycles. The Morgan fingerprint density at radius 3 is 2.48 bits per heavy atom. The summed E-state index contributed by atoms with van der Waals surface area (Å²) in [5.74, 6) is 1.83. The Hall–Kier alpha value is -4.61. The molecular weight excluding hydrogens is 566 g/mol. The Kier molecular flexibility index (Phi) is 10.5. The molecule has 0 radical (unpaired) electrons. The molecule has 3 aromatic rings. The number of aryl methyl sites for hydroxylation is 2. The fraction of sp³-hybridized carbons (Fsp3) is 0.469. The second-order valence-corrected chi connectivity index (χ2v) is 10.9. The molecule has 0 spiro atoms. The van der Waals surface area contributed by atoms with Crippen molar-refractivity contribution in [3.05, 3.63) is 57.3 Å². The molecule has 1 aliphatic rings. The van der Waals surface area contributed by atoms with Crippen molar-refractivity contribution in [3.8, 4) is 28.4 Å². The van der Waals surface area contributed by atoms with E-state index in [-0.39, 0.29) is 28.8 Å². The molecule has 2 amide bonds. The van der Waals surface area contributed by atoms with Crippen LogP contribution in [0, 0.1) is 12.8 Å². The van der Waals surface area contributed by atoms with Gasteiger partial charge in [0, 0.05) is 25.5 Å². The maximum atomic E-state index is 13.8. The zero-order chi connectivity index (χ0) is 32.0. The number of aromatic nitrogens is 2. The zero-order valence-corrected chi connectivity index (χ0v) is 26.3. The zero-order valence-electron chi connectivity index (χ0n) is 26.3. The predicted molar refractivity (Wildman–Crippen MR) is 165 cm³/mol. The third-order valence-electron chi connectivity index (χ3n) is 7.93. The first-order valence-electron chi connectivity index (χ1n) is 14.7. The fourth-order valence-electron chi connectivity index (χ4n) is 5.54. The van der Waals surface area contributed by atoms with Crippen LogP contribution >= 0.6 is 0 Å². The van der Waals surface area contributed by atoms with Gasteiger partial charge in [-0.25, -0.2) is 0 Å². The van der Waals surface area contributed by atoms with Crippen molar-refractivity contribution in [3.63, 3.8) is 0 Å². The molecule has 0 bridgehead atoms. The van der Waals surface area contributed by atoms with Crippen LogP contribution in [0.1, 0.15) is 62.5 Å². The maximum Gasteiger partial charge on any atom is 0.242 e. The number of hydrogen-bond donors (Lipinski definition) is 3. The average Bonchev–Trinajstić information content (AvgIpc) is 3.28. The first kappa shape index (κ1) is 32.3. The average molecular weight is 608 g/mol. The van der Waals surface area contributed by atoms with E-state index in [2.05, 4.69) is 26.1 Å². The summed E-state index contributed by atoms with van der Waals surface area (Å²) in [5, 5.41) is 12.9. The van der Waals surface area contributed by atoms with Crippen molar-refractivity contribution in [2.24, 2.45) is 5.92 Å². The minimum atomic E-state index is -0.684. The monoisotopic (exact) mass is 607 g/mol. The highest BCUT2D eigenvalue weighted by atomic mass is 16.5. The molecule has 0 unspecified atom stereocenters. The summed E-state index contributed by atoms with van der Waals surface area (Å²) in [6.45, 7) is 7.43. The Balaban J connectivity index is 1.77. The van der Waals surface area contributed by atoms with E-state index in [1.54, 1.807) is 27.2 Å². The van der Waals surface area contributed by atoms with Crippen LogP contribution < -0.4 is 35.6 Å². The summed E-state index contributed by atoms with van der Waals surface area (Å²) in [7, 11) is 4.65. The van der Waals surface area contributed by atoms with Gasteiger partial charge in [0.1, 0.15) is 6.04 Å². The molecule has 3 N–H and O–H groups in total. The van der Waals surface area contributed by atoms with Crippen LogP contribution in [-0.4, -0.2) is 55.9 Å². The summed E-state index contributed by atoms with van der Waals surface area (Å²) < 4.78 is 22.3. The topological polar surface area (TPSA) is 154 Å². The molecule has 44 heavy (non-hydrogen) atoms. The van der Waals surface area contributed by atoms with E-state index in [4.69, 9.17) is 18.7 Å². The van der Waals surface area contributed by atoms with Gasteiger partial charge in [-0.2, -0.15) is 4.98 Å². The third kappa shape index (κ3) is 6.95. The van der Waals surface area contributed by atoms with Crippen molar-refractivity contribution in [1.29, 1.82) is 0 Å². The van der Waals surface area contributed by atoms with Gasteiger partial charge in [-0.05, 0) is 60.6 Å². The lowest BCUT2D eigenvalue weighted by Gasteiger charge is -2.24. The quantitative estimate of drug-likeness (QED) is 0.277. The molecule has 2 aromatic carbocycles. The fourth-order valence-corrected chi connectivity index (χ4v) is 5.54. The van der Waals surface area contributed by atoms with Crippen LogP contribution in [-0.2, 0) is 22.4 Å².